The van der Waals surface area contributed by atoms with Gasteiger partial charge >= 0.3 is 0 Å². The molecule has 4 heteroatoms. The number of imidazole rings is 1. The van der Waals surface area contributed by atoms with Crippen molar-refractivity contribution in [1.29, 1.82) is 0 Å². The van der Waals surface area contributed by atoms with Crippen molar-refractivity contribution in [2.45, 2.75) is 40.0 Å². The van der Waals surface area contributed by atoms with Gasteiger partial charge in [0, 0.05) is 22.9 Å². The predicted octanol–water partition coefficient (Wildman–Crippen LogP) is 14.5. The van der Waals surface area contributed by atoms with Crippen LogP contribution in [0, 0.1) is 5.41 Å². The number of hydrogen-bond donors (Lipinski definition) is 1. The molecule has 0 fully saturated rings. The zero-order valence-corrected chi connectivity index (χ0v) is 34.2. The Kier molecular flexibility index (Phi) is 9.57. The number of nitrogens with zero attached hydrogens (tertiary/aromatic N) is 3. The van der Waals surface area contributed by atoms with Gasteiger partial charge in [-0.15, -0.1) is 0 Å². The number of aromatic nitrogens is 3. The number of aromatic hydroxyl groups is 1. The Morgan fingerprint density at radius 1 is 0.458 bits per heavy atom. The SMILES string of the molecule is CC(C)(C)C(C)(C)c1ccc(-n2c(-c3ccccc3O)nc3c(-c4cc(-c5ccccc5)cc(-c5cc(-c6ccccc6)ccn5)c4)cccc32)c(-c2ccccc2)c1. The lowest BCUT2D eigenvalue weighted by molar-refractivity contribution is 0.225. The van der Waals surface area contributed by atoms with Crippen molar-refractivity contribution in [2.75, 3.05) is 0 Å². The molecule has 0 aliphatic heterocycles. The van der Waals surface area contributed by atoms with E-state index >= 15 is 0 Å². The monoisotopic (exact) mass is 765 g/mol. The highest BCUT2D eigenvalue weighted by molar-refractivity contribution is 5.98. The molecule has 59 heavy (non-hydrogen) atoms. The maximum Gasteiger partial charge on any atom is 0.149 e. The van der Waals surface area contributed by atoms with Crippen LogP contribution in [0.25, 0.3) is 83.9 Å². The van der Waals surface area contributed by atoms with E-state index in [0.717, 1.165) is 72.5 Å². The van der Waals surface area contributed by atoms with Crippen LogP contribution in [-0.4, -0.2) is 19.6 Å². The molecule has 2 aromatic heterocycles. The van der Waals surface area contributed by atoms with Crippen molar-refractivity contribution in [3.05, 3.63) is 194 Å². The van der Waals surface area contributed by atoms with Crippen molar-refractivity contribution >= 4 is 11.0 Å². The minimum Gasteiger partial charge on any atom is -0.507 e. The molecule has 0 spiro atoms. The van der Waals surface area contributed by atoms with Crippen LogP contribution in [0.3, 0.4) is 0 Å². The fourth-order valence-electron chi connectivity index (χ4n) is 7.95. The Morgan fingerprint density at radius 3 is 1.73 bits per heavy atom. The van der Waals surface area contributed by atoms with E-state index in [1.54, 1.807) is 6.07 Å². The van der Waals surface area contributed by atoms with Gasteiger partial charge in [0.25, 0.3) is 0 Å². The quantitative estimate of drug-likeness (QED) is 0.168. The highest BCUT2D eigenvalue weighted by atomic mass is 16.3. The second-order valence-corrected chi connectivity index (χ2v) is 16.9. The number of rotatable bonds is 8. The van der Waals surface area contributed by atoms with Gasteiger partial charge in [0.2, 0.25) is 0 Å². The summed E-state index contributed by atoms with van der Waals surface area (Å²) >= 11 is 0. The molecular weight excluding hydrogens is 719 g/mol. The van der Waals surface area contributed by atoms with Gasteiger partial charge in [-0.2, -0.15) is 0 Å². The summed E-state index contributed by atoms with van der Waals surface area (Å²) < 4.78 is 2.23. The average molecular weight is 766 g/mol. The third-order valence-corrected chi connectivity index (χ3v) is 12.3. The summed E-state index contributed by atoms with van der Waals surface area (Å²) in [5.74, 6) is 0.845. The number of phenolic OH excluding ortho intramolecular Hbond substituents is 1. The first-order valence-corrected chi connectivity index (χ1v) is 20.3. The van der Waals surface area contributed by atoms with Crippen molar-refractivity contribution < 1.29 is 5.11 Å². The fraction of sp³-hybridized carbons (Fsp3) is 0.127. The lowest BCUT2D eigenvalue weighted by atomic mass is 9.65. The minimum atomic E-state index is -0.114. The molecule has 0 saturated heterocycles. The molecule has 7 aromatic carbocycles. The Morgan fingerprint density at radius 2 is 1.05 bits per heavy atom. The van der Waals surface area contributed by atoms with Gasteiger partial charge in [0.15, 0.2) is 0 Å². The molecule has 0 saturated carbocycles. The molecule has 0 bridgehead atoms. The largest absolute Gasteiger partial charge is 0.507 e. The minimum absolute atomic E-state index is 0.0194. The molecule has 0 aliphatic rings. The summed E-state index contributed by atoms with van der Waals surface area (Å²) in [6, 6.07) is 63.3. The topological polar surface area (TPSA) is 50.9 Å². The lowest BCUT2D eigenvalue weighted by Crippen LogP contribution is -2.34. The number of fused-ring (bicyclic) bond motifs is 1. The first-order chi connectivity index (χ1) is 28.6. The number of phenols is 1. The summed E-state index contributed by atoms with van der Waals surface area (Å²) in [5.41, 5.74) is 15.2. The molecule has 2 heterocycles. The predicted molar refractivity (Wildman–Crippen MR) is 246 cm³/mol. The summed E-state index contributed by atoms with van der Waals surface area (Å²) in [6.07, 6.45) is 1.89. The van der Waals surface area contributed by atoms with E-state index in [1.807, 2.05) is 36.5 Å². The molecule has 0 amide bonds. The highest BCUT2D eigenvalue weighted by Gasteiger charge is 2.35. The van der Waals surface area contributed by atoms with E-state index in [0.29, 0.717) is 11.4 Å². The molecule has 1 N–H and O–H groups in total. The third kappa shape index (κ3) is 7.01. The van der Waals surface area contributed by atoms with E-state index in [4.69, 9.17) is 9.97 Å². The van der Waals surface area contributed by atoms with Crippen LogP contribution in [0.2, 0.25) is 0 Å². The lowest BCUT2D eigenvalue weighted by Gasteiger charge is -2.40. The smallest absolute Gasteiger partial charge is 0.149 e. The molecular formula is C55H47N3O. The molecule has 9 aromatic rings. The molecule has 0 radical (unpaired) electrons. The van der Waals surface area contributed by atoms with Crippen LogP contribution in [-0.2, 0) is 5.41 Å². The zero-order valence-electron chi connectivity index (χ0n) is 34.2. The van der Waals surface area contributed by atoms with E-state index in [-0.39, 0.29) is 16.6 Å². The van der Waals surface area contributed by atoms with E-state index < -0.39 is 0 Å². The Balaban J connectivity index is 1.31. The average Bonchev–Trinajstić information content (AvgIpc) is 3.66. The van der Waals surface area contributed by atoms with Gasteiger partial charge in [0.05, 0.1) is 28.0 Å². The molecule has 0 atom stereocenters. The van der Waals surface area contributed by atoms with Gasteiger partial charge in [-0.1, -0.05) is 156 Å². The molecule has 0 aliphatic carbocycles. The number of hydrogen-bond acceptors (Lipinski definition) is 3. The molecule has 288 valence electrons. The fourth-order valence-corrected chi connectivity index (χ4v) is 7.95. The Hall–Kier alpha value is -7.04. The van der Waals surface area contributed by atoms with Gasteiger partial charge in [-0.05, 0) is 110 Å². The van der Waals surface area contributed by atoms with Crippen LogP contribution < -0.4 is 0 Å². The Bertz CT molecular complexity index is 2940. The summed E-state index contributed by atoms with van der Waals surface area (Å²) in [5, 5.41) is 11.4. The van der Waals surface area contributed by atoms with Crippen LogP contribution in [0.5, 0.6) is 5.75 Å². The van der Waals surface area contributed by atoms with E-state index in [2.05, 4.69) is 185 Å². The summed E-state index contributed by atoms with van der Waals surface area (Å²) in [7, 11) is 0. The highest BCUT2D eigenvalue weighted by Crippen LogP contribution is 2.45. The summed E-state index contributed by atoms with van der Waals surface area (Å²) in [4.78, 5) is 10.4. The van der Waals surface area contributed by atoms with Gasteiger partial charge < -0.3 is 5.11 Å². The van der Waals surface area contributed by atoms with Crippen molar-refractivity contribution in [2.24, 2.45) is 5.41 Å². The van der Waals surface area contributed by atoms with Crippen LogP contribution in [0.15, 0.2) is 188 Å². The first kappa shape index (κ1) is 37.5. The van der Waals surface area contributed by atoms with Crippen LogP contribution in [0.4, 0.5) is 0 Å². The van der Waals surface area contributed by atoms with Crippen molar-refractivity contribution in [3.8, 4) is 78.6 Å². The van der Waals surface area contributed by atoms with Crippen LogP contribution in [0.1, 0.15) is 40.2 Å². The number of pyridine rings is 1. The van der Waals surface area contributed by atoms with Crippen molar-refractivity contribution in [1.82, 2.24) is 14.5 Å². The second kappa shape index (κ2) is 15.0. The number of benzene rings is 7. The maximum atomic E-state index is 11.4. The summed E-state index contributed by atoms with van der Waals surface area (Å²) in [6.45, 7) is 11.6. The maximum absolute atomic E-state index is 11.4. The molecule has 0 unspecified atom stereocenters. The molecule has 4 nitrogen and oxygen atoms in total. The number of para-hydroxylation sites is 2. The van der Waals surface area contributed by atoms with Gasteiger partial charge in [-0.3, -0.25) is 9.55 Å². The van der Waals surface area contributed by atoms with Crippen molar-refractivity contribution in [3.63, 3.8) is 0 Å². The third-order valence-electron chi connectivity index (χ3n) is 12.3. The first-order valence-electron chi connectivity index (χ1n) is 20.3. The normalized spacial score (nSPS) is 11.9. The van der Waals surface area contributed by atoms with E-state index in [9.17, 15) is 5.11 Å². The molecule has 9 rings (SSSR count). The Labute approximate surface area is 347 Å². The van der Waals surface area contributed by atoms with E-state index in [1.165, 1.54) is 5.56 Å². The van der Waals surface area contributed by atoms with Crippen LogP contribution >= 0.6 is 0 Å². The van der Waals surface area contributed by atoms with Gasteiger partial charge in [-0.25, -0.2) is 4.98 Å². The second-order valence-electron chi connectivity index (χ2n) is 16.9. The standard InChI is InChI=1S/C55H47N3O/c1-54(2,3)55(4,5)44-28-29-49(47(36-44)39-22-13-8-14-23-39)58-50-26-17-25-45(52(50)57-53(58)46-24-15-16-27-51(46)59)42-32-41(38-20-11-7-12-21-38)33-43(34-42)48-35-40(30-31-56-48)37-18-9-6-10-19-37/h6-36,59H,1-5H3. The van der Waals surface area contributed by atoms with Gasteiger partial charge in [0.1, 0.15) is 11.6 Å². The zero-order chi connectivity index (χ0) is 40.7.